The summed E-state index contributed by atoms with van der Waals surface area (Å²) in [5.74, 6) is 1.47. The van der Waals surface area contributed by atoms with Crippen molar-refractivity contribution >= 4 is 6.16 Å². The van der Waals surface area contributed by atoms with Gasteiger partial charge in [-0.1, -0.05) is 33.6 Å². The van der Waals surface area contributed by atoms with E-state index in [9.17, 15) is 4.79 Å². The molecule has 1 unspecified atom stereocenters. The van der Waals surface area contributed by atoms with E-state index in [4.69, 9.17) is 14.2 Å². The fourth-order valence-electron chi connectivity index (χ4n) is 2.01. The summed E-state index contributed by atoms with van der Waals surface area (Å²) in [6.07, 6.45) is 5.05. The summed E-state index contributed by atoms with van der Waals surface area (Å²) in [5, 5.41) is 0. The fraction of sp³-hybridized carbons (Fsp3) is 0.450. The second-order valence-corrected chi connectivity index (χ2v) is 6.14. The van der Waals surface area contributed by atoms with Gasteiger partial charge in [0, 0.05) is 5.56 Å². The Hall–Kier alpha value is -2.63. The average molecular weight is 358 g/mol. The van der Waals surface area contributed by atoms with Gasteiger partial charge < -0.3 is 14.2 Å². The molecule has 0 fully saturated rings. The van der Waals surface area contributed by atoms with Crippen molar-refractivity contribution in [1.82, 2.24) is 9.97 Å². The first-order chi connectivity index (χ1) is 12.6. The van der Waals surface area contributed by atoms with Gasteiger partial charge in [0.2, 0.25) is 5.88 Å². The van der Waals surface area contributed by atoms with Crippen LogP contribution in [0.25, 0.3) is 11.3 Å². The zero-order valence-corrected chi connectivity index (χ0v) is 15.6. The molecule has 1 aromatic heterocycles. The van der Waals surface area contributed by atoms with Gasteiger partial charge in [-0.15, -0.1) is 0 Å². The lowest BCUT2D eigenvalue weighted by Gasteiger charge is -2.11. The molecule has 2 rings (SSSR count). The van der Waals surface area contributed by atoms with Gasteiger partial charge in [-0.05, 0) is 36.6 Å². The topological polar surface area (TPSA) is 70.5 Å². The zero-order valence-electron chi connectivity index (χ0n) is 15.6. The Bertz CT molecular complexity index is 671. The molecule has 6 heteroatoms. The number of carbonyl (C=O) groups is 1. The Labute approximate surface area is 154 Å². The maximum Gasteiger partial charge on any atom is 0.515 e. The molecule has 0 amide bonds. The second-order valence-electron chi connectivity index (χ2n) is 6.14. The van der Waals surface area contributed by atoms with Crippen molar-refractivity contribution in [3.05, 3.63) is 36.7 Å². The number of hydrogen-bond acceptors (Lipinski definition) is 6. The van der Waals surface area contributed by atoms with Crippen LogP contribution < -0.4 is 9.47 Å². The molecule has 0 aliphatic heterocycles. The minimum Gasteiger partial charge on any atom is -0.493 e. The Morgan fingerprint density at radius 3 is 2.50 bits per heavy atom. The van der Waals surface area contributed by atoms with E-state index in [0.717, 1.165) is 30.6 Å². The molecule has 0 radical (unpaired) electrons. The maximum absolute atomic E-state index is 11.5. The summed E-state index contributed by atoms with van der Waals surface area (Å²) in [6.45, 7) is 7.37. The average Bonchev–Trinajstić information content (AvgIpc) is 2.67. The van der Waals surface area contributed by atoms with E-state index in [1.54, 1.807) is 6.20 Å². The Morgan fingerprint density at radius 1 is 1.12 bits per heavy atom. The van der Waals surface area contributed by atoms with Gasteiger partial charge in [0.25, 0.3) is 0 Å². The molecule has 6 nitrogen and oxygen atoms in total. The van der Waals surface area contributed by atoms with Gasteiger partial charge in [0.15, 0.2) is 0 Å². The van der Waals surface area contributed by atoms with E-state index in [1.165, 1.54) is 6.20 Å². The molecular weight excluding hydrogens is 332 g/mol. The van der Waals surface area contributed by atoms with Gasteiger partial charge in [0.05, 0.1) is 31.3 Å². The van der Waals surface area contributed by atoms with Crippen LogP contribution in [0.2, 0.25) is 0 Å². The first-order valence-corrected chi connectivity index (χ1v) is 9.02. The highest BCUT2D eigenvalue weighted by molar-refractivity contribution is 5.63. The van der Waals surface area contributed by atoms with Gasteiger partial charge in [-0.25, -0.2) is 14.8 Å². The number of rotatable bonds is 9. The Kier molecular flexibility index (Phi) is 7.86. The fourth-order valence-corrected chi connectivity index (χ4v) is 2.01. The number of unbranched alkanes of at least 4 members (excludes halogenated alkanes) is 1. The molecule has 140 valence electrons. The standard InChI is InChI=1S/C20H26N2O4/c1-4-6-11-24-20(23)26-19-13-21-18(12-22-19)16-7-9-17(10-8-16)25-14-15(3)5-2/h7-10,12-13,15H,4-6,11,14H2,1-3H3. The van der Waals surface area contributed by atoms with Crippen LogP contribution >= 0.6 is 0 Å². The van der Waals surface area contributed by atoms with Crippen molar-refractivity contribution < 1.29 is 19.0 Å². The molecule has 2 aromatic rings. The van der Waals surface area contributed by atoms with Crippen molar-refractivity contribution in [1.29, 1.82) is 0 Å². The summed E-state index contributed by atoms with van der Waals surface area (Å²) in [7, 11) is 0. The summed E-state index contributed by atoms with van der Waals surface area (Å²) in [5.41, 5.74) is 1.59. The largest absolute Gasteiger partial charge is 0.515 e. The van der Waals surface area contributed by atoms with Crippen LogP contribution in [0.15, 0.2) is 36.7 Å². The van der Waals surface area contributed by atoms with E-state index in [2.05, 4.69) is 23.8 Å². The Balaban J connectivity index is 1.90. The summed E-state index contributed by atoms with van der Waals surface area (Å²) < 4.78 is 15.6. The summed E-state index contributed by atoms with van der Waals surface area (Å²) in [4.78, 5) is 19.9. The molecular formula is C20H26N2O4. The first kappa shape index (κ1) is 19.7. The number of aromatic nitrogens is 2. The third-order valence-corrected chi connectivity index (χ3v) is 3.92. The monoisotopic (exact) mass is 358 g/mol. The molecule has 0 N–H and O–H groups in total. The predicted octanol–water partition coefficient (Wildman–Crippen LogP) is 4.88. The molecule has 0 aliphatic rings. The minimum absolute atomic E-state index is 0.115. The summed E-state index contributed by atoms with van der Waals surface area (Å²) in [6, 6.07) is 7.68. The van der Waals surface area contributed by atoms with E-state index < -0.39 is 6.16 Å². The molecule has 0 saturated heterocycles. The zero-order chi connectivity index (χ0) is 18.8. The lowest BCUT2D eigenvalue weighted by atomic mass is 10.1. The van der Waals surface area contributed by atoms with Crippen LogP contribution in [0.3, 0.4) is 0 Å². The van der Waals surface area contributed by atoms with Crippen LogP contribution in [0, 0.1) is 5.92 Å². The SMILES string of the molecule is CCCCOC(=O)Oc1cnc(-c2ccc(OCC(C)CC)cc2)cn1. The highest BCUT2D eigenvalue weighted by Crippen LogP contribution is 2.21. The minimum atomic E-state index is -0.761. The molecule has 0 bridgehead atoms. The third-order valence-electron chi connectivity index (χ3n) is 3.92. The molecule has 0 aliphatic carbocycles. The Morgan fingerprint density at radius 2 is 1.88 bits per heavy atom. The van der Waals surface area contributed by atoms with Crippen LogP contribution in [-0.2, 0) is 4.74 Å². The normalized spacial score (nSPS) is 11.7. The van der Waals surface area contributed by atoms with Crippen molar-refractivity contribution in [3.8, 4) is 22.9 Å². The second kappa shape index (κ2) is 10.4. The van der Waals surface area contributed by atoms with Crippen molar-refractivity contribution in [2.45, 2.75) is 40.0 Å². The van der Waals surface area contributed by atoms with E-state index in [1.807, 2.05) is 31.2 Å². The maximum atomic E-state index is 11.5. The highest BCUT2D eigenvalue weighted by Gasteiger charge is 2.08. The molecule has 1 heterocycles. The third kappa shape index (κ3) is 6.35. The quantitative estimate of drug-likeness (QED) is 0.470. The predicted molar refractivity (Wildman–Crippen MR) is 99.3 cm³/mol. The van der Waals surface area contributed by atoms with Crippen LogP contribution in [0.4, 0.5) is 4.79 Å². The van der Waals surface area contributed by atoms with Crippen LogP contribution in [-0.4, -0.2) is 29.3 Å². The van der Waals surface area contributed by atoms with Gasteiger partial charge in [-0.3, -0.25) is 0 Å². The van der Waals surface area contributed by atoms with E-state index in [-0.39, 0.29) is 5.88 Å². The highest BCUT2D eigenvalue weighted by atomic mass is 16.7. The number of ether oxygens (including phenoxy) is 3. The van der Waals surface area contributed by atoms with Gasteiger partial charge >= 0.3 is 6.16 Å². The lowest BCUT2D eigenvalue weighted by molar-refractivity contribution is 0.0961. The number of carbonyl (C=O) groups excluding carboxylic acids is 1. The number of hydrogen-bond donors (Lipinski definition) is 0. The molecule has 0 saturated carbocycles. The van der Waals surface area contributed by atoms with Crippen molar-refractivity contribution in [2.75, 3.05) is 13.2 Å². The first-order valence-electron chi connectivity index (χ1n) is 9.02. The molecule has 1 atom stereocenters. The summed E-state index contributed by atoms with van der Waals surface area (Å²) >= 11 is 0. The van der Waals surface area contributed by atoms with Gasteiger partial charge in [-0.2, -0.15) is 0 Å². The molecule has 26 heavy (non-hydrogen) atoms. The van der Waals surface area contributed by atoms with Gasteiger partial charge in [0.1, 0.15) is 5.75 Å². The van der Waals surface area contributed by atoms with Crippen molar-refractivity contribution in [2.24, 2.45) is 5.92 Å². The number of nitrogens with zero attached hydrogens (tertiary/aromatic N) is 2. The molecule has 1 aromatic carbocycles. The van der Waals surface area contributed by atoms with E-state index in [0.29, 0.717) is 24.8 Å². The van der Waals surface area contributed by atoms with Crippen LogP contribution in [0.5, 0.6) is 11.6 Å². The van der Waals surface area contributed by atoms with Crippen LogP contribution in [0.1, 0.15) is 40.0 Å². The van der Waals surface area contributed by atoms with Crippen molar-refractivity contribution in [3.63, 3.8) is 0 Å². The number of benzene rings is 1. The lowest BCUT2D eigenvalue weighted by Crippen LogP contribution is -2.12. The van der Waals surface area contributed by atoms with E-state index >= 15 is 0 Å². The molecule has 0 spiro atoms. The smallest absolute Gasteiger partial charge is 0.493 e.